The smallest absolute Gasteiger partial charge is 0.341 e. The minimum Gasteiger partial charge on any atom is -0.507 e. The van der Waals surface area contributed by atoms with Gasteiger partial charge >= 0.3 is 5.97 Å². The van der Waals surface area contributed by atoms with Crippen molar-refractivity contribution in [3.63, 3.8) is 0 Å². The minimum absolute atomic E-state index is 0.0939. The Morgan fingerprint density at radius 1 is 1.29 bits per heavy atom. The number of benzene rings is 1. The van der Waals surface area contributed by atoms with Gasteiger partial charge in [0.2, 0.25) is 0 Å². The summed E-state index contributed by atoms with van der Waals surface area (Å²) in [6, 6.07) is 4.73. The molecule has 4 heteroatoms. The molecule has 4 nitrogen and oxygen atoms in total. The van der Waals surface area contributed by atoms with Crippen molar-refractivity contribution in [1.29, 1.82) is 0 Å². The Hall–Kier alpha value is -1.71. The molecule has 1 N–H and O–H groups in total. The SMILES string of the molecule is CCOC(=O)c1ccc(OCCC2CCCCC2)cc1O. The normalized spacial score (nSPS) is 15.7. The van der Waals surface area contributed by atoms with E-state index in [4.69, 9.17) is 9.47 Å². The van der Waals surface area contributed by atoms with Gasteiger partial charge < -0.3 is 14.6 Å². The molecule has 0 unspecified atom stereocenters. The van der Waals surface area contributed by atoms with E-state index in [1.807, 2.05) is 0 Å². The molecule has 0 atom stereocenters. The average Bonchev–Trinajstić information content (AvgIpc) is 2.48. The molecule has 0 spiro atoms. The van der Waals surface area contributed by atoms with Crippen LogP contribution in [0.2, 0.25) is 0 Å². The second-order valence-corrected chi connectivity index (χ2v) is 5.54. The fraction of sp³-hybridized carbons (Fsp3) is 0.588. The third-order valence-electron chi connectivity index (χ3n) is 3.98. The number of carbonyl (C=O) groups is 1. The van der Waals surface area contributed by atoms with Crippen LogP contribution in [0.15, 0.2) is 18.2 Å². The number of rotatable bonds is 6. The summed E-state index contributed by atoms with van der Waals surface area (Å²) in [5, 5.41) is 9.86. The second kappa shape index (κ2) is 7.91. The molecular weight excluding hydrogens is 268 g/mol. The van der Waals surface area contributed by atoms with E-state index in [2.05, 4.69) is 0 Å². The van der Waals surface area contributed by atoms with E-state index >= 15 is 0 Å². The first-order valence-corrected chi connectivity index (χ1v) is 7.83. The lowest BCUT2D eigenvalue weighted by Crippen LogP contribution is -2.11. The first-order valence-electron chi connectivity index (χ1n) is 7.83. The number of carbonyl (C=O) groups excluding carboxylic acids is 1. The lowest BCUT2D eigenvalue weighted by atomic mass is 9.87. The fourth-order valence-electron chi connectivity index (χ4n) is 2.80. The topological polar surface area (TPSA) is 55.8 Å². The molecule has 0 aromatic heterocycles. The highest BCUT2D eigenvalue weighted by molar-refractivity contribution is 5.92. The van der Waals surface area contributed by atoms with Crippen LogP contribution in [0.5, 0.6) is 11.5 Å². The largest absolute Gasteiger partial charge is 0.507 e. The molecule has 0 heterocycles. The van der Waals surface area contributed by atoms with Gasteiger partial charge in [-0.3, -0.25) is 0 Å². The Labute approximate surface area is 126 Å². The summed E-state index contributed by atoms with van der Waals surface area (Å²) < 4.78 is 10.5. The predicted molar refractivity (Wildman–Crippen MR) is 80.8 cm³/mol. The van der Waals surface area contributed by atoms with Gasteiger partial charge in [0.05, 0.1) is 13.2 Å². The van der Waals surface area contributed by atoms with Gasteiger partial charge in [0.1, 0.15) is 17.1 Å². The van der Waals surface area contributed by atoms with E-state index in [9.17, 15) is 9.90 Å². The Kier molecular flexibility index (Phi) is 5.90. The number of hydrogen-bond donors (Lipinski definition) is 1. The molecule has 0 saturated heterocycles. The number of phenols is 1. The molecule has 116 valence electrons. The number of ether oxygens (including phenoxy) is 2. The van der Waals surface area contributed by atoms with Crippen LogP contribution >= 0.6 is 0 Å². The van der Waals surface area contributed by atoms with E-state index in [0.29, 0.717) is 12.4 Å². The molecule has 1 aromatic carbocycles. The maximum Gasteiger partial charge on any atom is 0.341 e. The van der Waals surface area contributed by atoms with Gasteiger partial charge in [-0.2, -0.15) is 0 Å². The molecule has 1 fully saturated rings. The van der Waals surface area contributed by atoms with Crippen LogP contribution in [0.4, 0.5) is 0 Å². The summed E-state index contributed by atoms with van der Waals surface area (Å²) in [5.74, 6) is 0.759. The molecule has 0 aliphatic heterocycles. The molecular formula is C17H24O4. The van der Waals surface area contributed by atoms with Gasteiger partial charge in [-0.15, -0.1) is 0 Å². The highest BCUT2D eigenvalue weighted by Gasteiger charge is 2.15. The molecule has 21 heavy (non-hydrogen) atoms. The van der Waals surface area contributed by atoms with E-state index in [0.717, 1.165) is 12.3 Å². The van der Waals surface area contributed by atoms with Crippen LogP contribution in [0.3, 0.4) is 0 Å². The monoisotopic (exact) mass is 292 g/mol. The average molecular weight is 292 g/mol. The van der Waals surface area contributed by atoms with Crippen molar-refractivity contribution in [2.45, 2.75) is 45.4 Å². The molecule has 0 bridgehead atoms. The highest BCUT2D eigenvalue weighted by atomic mass is 16.5. The Morgan fingerprint density at radius 3 is 2.71 bits per heavy atom. The summed E-state index contributed by atoms with van der Waals surface area (Å²) in [4.78, 5) is 11.6. The molecule has 0 radical (unpaired) electrons. The second-order valence-electron chi connectivity index (χ2n) is 5.54. The van der Waals surface area contributed by atoms with Crippen LogP contribution in [-0.4, -0.2) is 24.3 Å². The number of phenolic OH excluding ortho intramolecular Hbond substituents is 1. The minimum atomic E-state index is -0.510. The van der Waals surface area contributed by atoms with Gasteiger partial charge in [0.15, 0.2) is 0 Å². The van der Waals surface area contributed by atoms with E-state index in [1.54, 1.807) is 19.1 Å². The predicted octanol–water partition coefficient (Wildman–Crippen LogP) is 3.92. The zero-order chi connectivity index (χ0) is 15.1. The van der Waals surface area contributed by atoms with Gasteiger partial charge in [-0.25, -0.2) is 4.79 Å². The highest BCUT2D eigenvalue weighted by Crippen LogP contribution is 2.28. The van der Waals surface area contributed by atoms with Crippen LogP contribution in [-0.2, 0) is 4.74 Å². The molecule has 2 rings (SSSR count). The lowest BCUT2D eigenvalue weighted by Gasteiger charge is -2.21. The van der Waals surface area contributed by atoms with Crippen LogP contribution < -0.4 is 4.74 Å². The van der Waals surface area contributed by atoms with Gasteiger partial charge in [0.25, 0.3) is 0 Å². The number of hydrogen-bond acceptors (Lipinski definition) is 4. The first-order chi connectivity index (χ1) is 10.2. The molecule has 1 aliphatic rings. The van der Waals surface area contributed by atoms with Crippen LogP contribution in [0.25, 0.3) is 0 Å². The van der Waals surface area contributed by atoms with Crippen molar-refractivity contribution in [1.82, 2.24) is 0 Å². The zero-order valence-electron chi connectivity index (χ0n) is 12.6. The van der Waals surface area contributed by atoms with Crippen molar-refractivity contribution < 1.29 is 19.4 Å². The first kappa shape index (κ1) is 15.7. The summed E-state index contributed by atoms with van der Waals surface area (Å²) >= 11 is 0. The summed E-state index contributed by atoms with van der Waals surface area (Å²) in [6.07, 6.45) is 7.69. The summed E-state index contributed by atoms with van der Waals surface area (Å²) in [5.41, 5.74) is 0.177. The third-order valence-corrected chi connectivity index (χ3v) is 3.98. The van der Waals surface area contributed by atoms with Crippen LogP contribution in [0, 0.1) is 5.92 Å². The fourth-order valence-corrected chi connectivity index (χ4v) is 2.80. The van der Waals surface area contributed by atoms with E-state index in [-0.39, 0.29) is 17.9 Å². The van der Waals surface area contributed by atoms with E-state index in [1.165, 1.54) is 38.2 Å². The van der Waals surface area contributed by atoms with Gasteiger partial charge in [0, 0.05) is 6.07 Å². The zero-order valence-corrected chi connectivity index (χ0v) is 12.6. The number of aromatic hydroxyl groups is 1. The Balaban J connectivity index is 1.83. The quantitative estimate of drug-likeness (QED) is 0.807. The summed E-state index contributed by atoms with van der Waals surface area (Å²) in [6.45, 7) is 2.68. The standard InChI is InChI=1S/C17H24O4/c1-2-20-17(19)15-9-8-14(12-16(15)18)21-11-10-13-6-4-3-5-7-13/h8-9,12-13,18H,2-7,10-11H2,1H3. The van der Waals surface area contributed by atoms with Crippen molar-refractivity contribution >= 4 is 5.97 Å². The van der Waals surface area contributed by atoms with Crippen molar-refractivity contribution in [3.8, 4) is 11.5 Å². The maximum atomic E-state index is 11.6. The lowest BCUT2D eigenvalue weighted by molar-refractivity contribution is 0.0523. The Morgan fingerprint density at radius 2 is 2.05 bits per heavy atom. The Bertz CT molecular complexity index is 464. The van der Waals surface area contributed by atoms with Crippen molar-refractivity contribution in [2.75, 3.05) is 13.2 Å². The van der Waals surface area contributed by atoms with Gasteiger partial charge in [-0.1, -0.05) is 32.1 Å². The maximum absolute atomic E-state index is 11.6. The number of esters is 1. The molecule has 1 saturated carbocycles. The third kappa shape index (κ3) is 4.66. The van der Waals surface area contributed by atoms with Crippen molar-refractivity contribution in [2.24, 2.45) is 5.92 Å². The van der Waals surface area contributed by atoms with Gasteiger partial charge in [-0.05, 0) is 31.4 Å². The summed E-state index contributed by atoms with van der Waals surface area (Å²) in [7, 11) is 0. The van der Waals surface area contributed by atoms with Crippen LogP contribution in [0.1, 0.15) is 55.8 Å². The van der Waals surface area contributed by atoms with E-state index < -0.39 is 5.97 Å². The molecule has 0 amide bonds. The van der Waals surface area contributed by atoms with Crippen molar-refractivity contribution in [3.05, 3.63) is 23.8 Å². The molecule has 1 aliphatic carbocycles. The molecule has 1 aromatic rings.